The average Bonchev–Trinajstić information content (AvgIpc) is 2.61. The van der Waals surface area contributed by atoms with Gasteiger partial charge in [0.25, 0.3) is 5.91 Å². The molecule has 1 aliphatic rings. The van der Waals surface area contributed by atoms with Gasteiger partial charge in [0, 0.05) is 5.69 Å². The zero-order valence-electron chi connectivity index (χ0n) is 9.44. The Kier molecular flexibility index (Phi) is 2.79. The molecule has 0 bridgehead atoms. The quantitative estimate of drug-likeness (QED) is 0.772. The Morgan fingerprint density at radius 3 is 2.62 bits per heavy atom. The van der Waals surface area contributed by atoms with E-state index in [4.69, 9.17) is 4.74 Å². The van der Waals surface area contributed by atoms with Crippen LogP contribution in [0.3, 0.4) is 0 Å². The summed E-state index contributed by atoms with van der Waals surface area (Å²) >= 11 is 0. The van der Waals surface area contributed by atoms with Crippen LogP contribution in [0, 0.1) is 0 Å². The Morgan fingerprint density at radius 2 is 2.06 bits per heavy atom. The van der Waals surface area contributed by atoms with Crippen molar-refractivity contribution in [2.75, 3.05) is 5.32 Å². The molecule has 1 heterocycles. The van der Waals surface area contributed by atoms with Crippen molar-refractivity contribution in [2.24, 2.45) is 0 Å². The van der Waals surface area contributed by atoms with E-state index < -0.39 is 5.60 Å². The summed E-state index contributed by atoms with van der Waals surface area (Å²) in [5, 5.41) is 2.83. The Bertz CT molecular complexity index is 413. The lowest BCUT2D eigenvalue weighted by molar-refractivity contribution is -0.133. The van der Waals surface area contributed by atoms with E-state index in [-0.39, 0.29) is 12.0 Å². The molecule has 16 heavy (non-hydrogen) atoms. The second-order valence-electron chi connectivity index (χ2n) is 4.11. The standard InChI is InChI=1S/C13H15NO2/c1-10-8-9-13(2,16-10)12(15)14-11-6-4-3-5-7-11/h3-10H,1-2H3,(H,14,15). The van der Waals surface area contributed by atoms with Gasteiger partial charge in [0.2, 0.25) is 0 Å². The van der Waals surface area contributed by atoms with Gasteiger partial charge in [-0.15, -0.1) is 0 Å². The molecule has 1 N–H and O–H groups in total. The van der Waals surface area contributed by atoms with E-state index in [1.165, 1.54) is 0 Å². The predicted molar refractivity (Wildman–Crippen MR) is 63.2 cm³/mol. The highest BCUT2D eigenvalue weighted by molar-refractivity contribution is 5.98. The fourth-order valence-electron chi connectivity index (χ4n) is 1.69. The molecule has 1 aliphatic heterocycles. The van der Waals surface area contributed by atoms with Gasteiger partial charge in [-0.3, -0.25) is 4.79 Å². The Morgan fingerprint density at radius 1 is 1.38 bits per heavy atom. The molecule has 0 radical (unpaired) electrons. The Balaban J connectivity index is 2.07. The second-order valence-corrected chi connectivity index (χ2v) is 4.11. The van der Waals surface area contributed by atoms with Gasteiger partial charge >= 0.3 is 0 Å². The van der Waals surface area contributed by atoms with Crippen molar-refractivity contribution in [3.05, 3.63) is 42.5 Å². The molecule has 0 spiro atoms. The molecule has 3 nitrogen and oxygen atoms in total. The van der Waals surface area contributed by atoms with Crippen LogP contribution in [-0.4, -0.2) is 17.6 Å². The monoisotopic (exact) mass is 217 g/mol. The number of benzene rings is 1. The normalized spacial score (nSPS) is 28.0. The molecule has 0 saturated carbocycles. The highest BCUT2D eigenvalue weighted by atomic mass is 16.5. The van der Waals surface area contributed by atoms with Crippen molar-refractivity contribution in [2.45, 2.75) is 25.6 Å². The second kappa shape index (κ2) is 4.10. The van der Waals surface area contributed by atoms with E-state index in [2.05, 4.69) is 5.32 Å². The third-order valence-corrected chi connectivity index (χ3v) is 2.60. The van der Waals surface area contributed by atoms with E-state index in [9.17, 15) is 4.79 Å². The molecule has 0 aliphatic carbocycles. The molecule has 2 atom stereocenters. The van der Waals surface area contributed by atoms with Gasteiger partial charge in [0.05, 0.1) is 6.10 Å². The SMILES string of the molecule is CC1C=CC(C)(C(=O)Nc2ccccc2)O1. The summed E-state index contributed by atoms with van der Waals surface area (Å²) in [5.41, 5.74) is -0.0693. The van der Waals surface area contributed by atoms with Crippen LogP contribution in [0.5, 0.6) is 0 Å². The molecular formula is C13H15NO2. The summed E-state index contributed by atoms with van der Waals surface area (Å²) in [6.07, 6.45) is 3.69. The molecule has 1 amide bonds. The first-order chi connectivity index (χ1) is 7.60. The van der Waals surface area contributed by atoms with E-state index in [0.29, 0.717) is 0 Å². The number of amides is 1. The Labute approximate surface area is 95.1 Å². The fourth-order valence-corrected chi connectivity index (χ4v) is 1.69. The van der Waals surface area contributed by atoms with Crippen LogP contribution < -0.4 is 5.32 Å². The van der Waals surface area contributed by atoms with Gasteiger partial charge in [0.1, 0.15) is 0 Å². The Hall–Kier alpha value is -1.61. The lowest BCUT2D eigenvalue weighted by Gasteiger charge is -2.22. The topological polar surface area (TPSA) is 38.3 Å². The highest BCUT2D eigenvalue weighted by Gasteiger charge is 2.36. The van der Waals surface area contributed by atoms with Crippen LogP contribution >= 0.6 is 0 Å². The maximum atomic E-state index is 12.0. The molecule has 2 unspecified atom stereocenters. The van der Waals surface area contributed by atoms with Crippen molar-refractivity contribution in [1.82, 2.24) is 0 Å². The molecule has 1 aromatic carbocycles. The van der Waals surface area contributed by atoms with Crippen molar-refractivity contribution in [3.63, 3.8) is 0 Å². The zero-order chi connectivity index (χ0) is 11.6. The van der Waals surface area contributed by atoms with Gasteiger partial charge in [0.15, 0.2) is 5.60 Å². The first-order valence-corrected chi connectivity index (χ1v) is 5.34. The molecule has 1 aromatic rings. The maximum absolute atomic E-state index is 12.0. The predicted octanol–water partition coefficient (Wildman–Crippen LogP) is 2.36. The zero-order valence-corrected chi connectivity index (χ0v) is 9.44. The number of anilines is 1. The largest absolute Gasteiger partial charge is 0.354 e. The average molecular weight is 217 g/mol. The first-order valence-electron chi connectivity index (χ1n) is 5.34. The van der Waals surface area contributed by atoms with Crippen molar-refractivity contribution >= 4 is 11.6 Å². The van der Waals surface area contributed by atoms with Crippen LogP contribution in [0.2, 0.25) is 0 Å². The van der Waals surface area contributed by atoms with Gasteiger partial charge in [-0.25, -0.2) is 0 Å². The number of rotatable bonds is 2. The molecule has 0 saturated heterocycles. The molecule has 0 fully saturated rings. The molecule has 3 heteroatoms. The number of hydrogen-bond donors (Lipinski definition) is 1. The summed E-state index contributed by atoms with van der Waals surface area (Å²) in [7, 11) is 0. The minimum Gasteiger partial charge on any atom is -0.354 e. The van der Waals surface area contributed by atoms with Crippen LogP contribution in [0.15, 0.2) is 42.5 Å². The smallest absolute Gasteiger partial charge is 0.260 e. The number of hydrogen-bond acceptors (Lipinski definition) is 2. The minimum atomic E-state index is -0.852. The van der Waals surface area contributed by atoms with E-state index in [0.717, 1.165) is 5.69 Å². The third kappa shape index (κ3) is 2.14. The van der Waals surface area contributed by atoms with Gasteiger partial charge in [-0.2, -0.15) is 0 Å². The number of nitrogens with one attached hydrogen (secondary N) is 1. The van der Waals surface area contributed by atoms with Crippen LogP contribution in [-0.2, 0) is 9.53 Å². The van der Waals surface area contributed by atoms with E-state index in [1.54, 1.807) is 13.0 Å². The minimum absolute atomic E-state index is 0.00785. The van der Waals surface area contributed by atoms with Crippen LogP contribution in [0.1, 0.15) is 13.8 Å². The number of carbonyl (C=O) groups excluding carboxylic acids is 1. The molecule has 0 aromatic heterocycles. The number of ether oxygens (including phenoxy) is 1. The van der Waals surface area contributed by atoms with Crippen LogP contribution in [0.4, 0.5) is 5.69 Å². The molecule has 2 rings (SSSR count). The lowest BCUT2D eigenvalue weighted by Crippen LogP contribution is -2.39. The summed E-state index contributed by atoms with van der Waals surface area (Å²) in [4.78, 5) is 12.0. The van der Waals surface area contributed by atoms with Crippen molar-refractivity contribution in [1.29, 1.82) is 0 Å². The fraction of sp³-hybridized carbons (Fsp3) is 0.308. The van der Waals surface area contributed by atoms with Crippen LogP contribution in [0.25, 0.3) is 0 Å². The molecule has 84 valence electrons. The van der Waals surface area contributed by atoms with E-state index in [1.807, 2.05) is 43.3 Å². The van der Waals surface area contributed by atoms with Gasteiger partial charge in [-0.1, -0.05) is 24.3 Å². The van der Waals surface area contributed by atoms with Gasteiger partial charge < -0.3 is 10.1 Å². The first kappa shape index (κ1) is 10.9. The summed E-state index contributed by atoms with van der Waals surface area (Å²) in [6.45, 7) is 3.68. The molecular weight excluding hydrogens is 202 g/mol. The number of carbonyl (C=O) groups is 1. The maximum Gasteiger partial charge on any atom is 0.260 e. The van der Waals surface area contributed by atoms with Crippen molar-refractivity contribution < 1.29 is 9.53 Å². The van der Waals surface area contributed by atoms with Gasteiger partial charge in [-0.05, 0) is 32.1 Å². The summed E-state index contributed by atoms with van der Waals surface area (Å²) in [6, 6.07) is 9.37. The third-order valence-electron chi connectivity index (χ3n) is 2.60. The number of para-hydroxylation sites is 1. The summed E-state index contributed by atoms with van der Waals surface area (Å²) < 4.78 is 5.56. The van der Waals surface area contributed by atoms with Crippen molar-refractivity contribution in [3.8, 4) is 0 Å². The van der Waals surface area contributed by atoms with E-state index >= 15 is 0 Å². The summed E-state index contributed by atoms with van der Waals surface area (Å²) in [5.74, 6) is -0.140. The highest BCUT2D eigenvalue weighted by Crippen LogP contribution is 2.24. The lowest BCUT2D eigenvalue weighted by atomic mass is 10.1.